The van der Waals surface area contributed by atoms with Crippen LogP contribution in [0, 0.1) is 13.8 Å². The molecular weight excluding hydrogens is 272 g/mol. The molecule has 2 saturated heterocycles. The van der Waals surface area contributed by atoms with Crippen molar-refractivity contribution in [3.63, 3.8) is 0 Å². The normalized spacial score (nSPS) is 25.6. The fraction of sp³-hybridized carbons (Fsp3) is 0.467. The van der Waals surface area contributed by atoms with E-state index in [0.29, 0.717) is 12.3 Å². The van der Waals surface area contributed by atoms with Crippen molar-refractivity contribution >= 4 is 23.7 Å². The van der Waals surface area contributed by atoms with Crippen LogP contribution >= 0.6 is 11.8 Å². The summed E-state index contributed by atoms with van der Waals surface area (Å²) in [6.07, 6.45) is 0.742. The van der Waals surface area contributed by atoms with Gasteiger partial charge in [-0.2, -0.15) is 11.8 Å². The molecule has 1 aromatic carbocycles. The minimum absolute atomic E-state index is 0.0633. The van der Waals surface area contributed by atoms with E-state index in [1.165, 1.54) is 4.90 Å². The van der Waals surface area contributed by atoms with E-state index < -0.39 is 5.54 Å². The topological polar surface area (TPSA) is 49.4 Å². The van der Waals surface area contributed by atoms with Crippen LogP contribution in [-0.4, -0.2) is 33.9 Å². The number of carbonyl (C=O) groups is 2. The number of hydrogen-bond donors (Lipinski definition) is 1. The minimum Gasteiger partial charge on any atom is -0.322 e. The molecule has 1 spiro atoms. The van der Waals surface area contributed by atoms with Crippen LogP contribution in [-0.2, 0) is 11.3 Å². The maximum Gasteiger partial charge on any atom is 0.325 e. The zero-order valence-corrected chi connectivity index (χ0v) is 12.5. The van der Waals surface area contributed by atoms with Gasteiger partial charge in [0.2, 0.25) is 0 Å². The van der Waals surface area contributed by atoms with E-state index in [1.807, 2.05) is 26.0 Å². The molecule has 2 fully saturated rings. The number of amides is 3. The van der Waals surface area contributed by atoms with Gasteiger partial charge in [0.25, 0.3) is 5.91 Å². The Kier molecular flexibility index (Phi) is 3.24. The van der Waals surface area contributed by atoms with Crippen molar-refractivity contribution in [3.05, 3.63) is 34.9 Å². The third-order valence-corrected chi connectivity index (χ3v) is 5.08. The summed E-state index contributed by atoms with van der Waals surface area (Å²) in [6.45, 7) is 4.41. The van der Waals surface area contributed by atoms with Gasteiger partial charge in [-0.15, -0.1) is 0 Å². The number of benzene rings is 1. The van der Waals surface area contributed by atoms with E-state index in [2.05, 4.69) is 11.4 Å². The molecule has 1 N–H and O–H groups in total. The highest BCUT2D eigenvalue weighted by Gasteiger charge is 2.52. The monoisotopic (exact) mass is 290 g/mol. The zero-order chi connectivity index (χ0) is 14.3. The number of rotatable bonds is 2. The van der Waals surface area contributed by atoms with E-state index >= 15 is 0 Å². The number of carbonyl (C=O) groups excluding carboxylic acids is 2. The summed E-state index contributed by atoms with van der Waals surface area (Å²) in [4.78, 5) is 26.0. The standard InChI is InChI=1S/C15H18N2O2S/c1-10-5-11(2)7-12(6-10)8-17-13(18)15(16-14(17)19)3-4-20-9-15/h5-7H,3-4,8-9H2,1-2H3,(H,16,19). The summed E-state index contributed by atoms with van der Waals surface area (Å²) in [6, 6.07) is 5.89. The first kappa shape index (κ1) is 13.5. The average molecular weight is 290 g/mol. The van der Waals surface area contributed by atoms with Gasteiger partial charge in [0.05, 0.1) is 6.54 Å². The molecule has 106 valence electrons. The largest absolute Gasteiger partial charge is 0.325 e. The Morgan fingerprint density at radius 1 is 1.25 bits per heavy atom. The molecule has 1 unspecified atom stereocenters. The molecule has 3 rings (SSSR count). The van der Waals surface area contributed by atoms with Crippen LogP contribution in [0.3, 0.4) is 0 Å². The molecule has 2 aliphatic heterocycles. The second-order valence-corrected chi connectivity index (χ2v) is 6.81. The minimum atomic E-state index is -0.638. The van der Waals surface area contributed by atoms with Crippen LogP contribution in [0.4, 0.5) is 4.79 Å². The first-order chi connectivity index (χ1) is 9.50. The Bertz CT molecular complexity index is 559. The molecule has 5 heteroatoms. The number of hydrogen-bond acceptors (Lipinski definition) is 3. The fourth-order valence-corrected chi connectivity index (χ4v) is 4.32. The van der Waals surface area contributed by atoms with Gasteiger partial charge >= 0.3 is 6.03 Å². The van der Waals surface area contributed by atoms with Gasteiger partial charge in [-0.05, 0) is 31.6 Å². The van der Waals surface area contributed by atoms with E-state index in [9.17, 15) is 9.59 Å². The first-order valence-electron chi connectivity index (χ1n) is 6.79. The van der Waals surface area contributed by atoms with Crippen LogP contribution in [0.15, 0.2) is 18.2 Å². The lowest BCUT2D eigenvalue weighted by molar-refractivity contribution is -0.130. The fourth-order valence-electron chi connectivity index (χ4n) is 2.99. The Labute approximate surface area is 122 Å². The lowest BCUT2D eigenvalue weighted by Gasteiger charge is -2.19. The number of nitrogens with one attached hydrogen (secondary N) is 1. The second-order valence-electron chi connectivity index (χ2n) is 5.70. The first-order valence-corrected chi connectivity index (χ1v) is 7.95. The number of urea groups is 1. The summed E-state index contributed by atoms with van der Waals surface area (Å²) < 4.78 is 0. The molecule has 3 amide bonds. The molecule has 4 nitrogen and oxygen atoms in total. The van der Waals surface area contributed by atoms with E-state index in [1.54, 1.807) is 11.8 Å². The van der Waals surface area contributed by atoms with Crippen molar-refractivity contribution in [2.24, 2.45) is 0 Å². The predicted octanol–water partition coefficient (Wildman–Crippen LogP) is 2.23. The Hall–Kier alpha value is -1.49. The van der Waals surface area contributed by atoms with Gasteiger partial charge in [-0.1, -0.05) is 29.3 Å². The van der Waals surface area contributed by atoms with Crippen LogP contribution in [0.1, 0.15) is 23.1 Å². The van der Waals surface area contributed by atoms with Crippen LogP contribution in [0.2, 0.25) is 0 Å². The molecule has 0 bridgehead atoms. The van der Waals surface area contributed by atoms with Gasteiger partial charge < -0.3 is 5.32 Å². The molecule has 2 heterocycles. The molecule has 0 aliphatic carbocycles. The molecular formula is C15H18N2O2S. The molecule has 1 atom stereocenters. The Balaban J connectivity index is 1.84. The number of aryl methyl sites for hydroxylation is 2. The van der Waals surface area contributed by atoms with Crippen LogP contribution in [0.25, 0.3) is 0 Å². The third-order valence-electron chi connectivity index (χ3n) is 3.89. The Morgan fingerprint density at radius 2 is 1.95 bits per heavy atom. The Morgan fingerprint density at radius 3 is 2.55 bits per heavy atom. The summed E-state index contributed by atoms with van der Waals surface area (Å²) in [5.41, 5.74) is 2.67. The van der Waals surface area contributed by atoms with Crippen molar-refractivity contribution in [3.8, 4) is 0 Å². The zero-order valence-electron chi connectivity index (χ0n) is 11.7. The quantitative estimate of drug-likeness (QED) is 0.850. The van der Waals surface area contributed by atoms with E-state index in [-0.39, 0.29) is 11.9 Å². The molecule has 20 heavy (non-hydrogen) atoms. The summed E-state index contributed by atoms with van der Waals surface area (Å²) in [5, 5.41) is 2.90. The molecule has 1 aromatic rings. The van der Waals surface area contributed by atoms with Crippen molar-refractivity contribution in [2.75, 3.05) is 11.5 Å². The predicted molar refractivity (Wildman–Crippen MR) is 79.7 cm³/mol. The molecule has 0 saturated carbocycles. The number of imide groups is 1. The van der Waals surface area contributed by atoms with Crippen LogP contribution < -0.4 is 5.32 Å². The lowest BCUT2D eigenvalue weighted by Crippen LogP contribution is -2.46. The van der Waals surface area contributed by atoms with Gasteiger partial charge in [-0.25, -0.2) is 4.79 Å². The molecule has 0 radical (unpaired) electrons. The van der Waals surface area contributed by atoms with Crippen molar-refractivity contribution in [1.29, 1.82) is 0 Å². The van der Waals surface area contributed by atoms with E-state index in [4.69, 9.17) is 0 Å². The highest BCUT2D eigenvalue weighted by Crippen LogP contribution is 2.34. The third kappa shape index (κ3) is 2.20. The number of thioether (sulfide) groups is 1. The highest BCUT2D eigenvalue weighted by molar-refractivity contribution is 7.99. The SMILES string of the molecule is Cc1cc(C)cc(CN2C(=O)NC3(CCSC3)C2=O)c1. The van der Waals surface area contributed by atoms with Crippen molar-refractivity contribution in [1.82, 2.24) is 10.2 Å². The second kappa shape index (κ2) is 4.81. The summed E-state index contributed by atoms with van der Waals surface area (Å²) >= 11 is 1.73. The van der Waals surface area contributed by atoms with Crippen molar-refractivity contribution < 1.29 is 9.59 Å². The van der Waals surface area contributed by atoms with Crippen LogP contribution in [0.5, 0.6) is 0 Å². The van der Waals surface area contributed by atoms with E-state index in [0.717, 1.165) is 28.9 Å². The van der Waals surface area contributed by atoms with Gasteiger partial charge in [-0.3, -0.25) is 9.69 Å². The van der Waals surface area contributed by atoms with Gasteiger partial charge in [0.15, 0.2) is 0 Å². The molecule has 2 aliphatic rings. The summed E-state index contributed by atoms with van der Waals surface area (Å²) in [7, 11) is 0. The average Bonchev–Trinajstić information content (AvgIpc) is 2.90. The molecule has 0 aromatic heterocycles. The van der Waals surface area contributed by atoms with Crippen molar-refractivity contribution in [2.45, 2.75) is 32.4 Å². The number of nitrogens with zero attached hydrogens (tertiary/aromatic N) is 1. The van der Waals surface area contributed by atoms with Gasteiger partial charge in [0.1, 0.15) is 5.54 Å². The lowest BCUT2D eigenvalue weighted by atomic mass is 9.99. The highest BCUT2D eigenvalue weighted by atomic mass is 32.2. The maximum absolute atomic E-state index is 12.5. The maximum atomic E-state index is 12.5. The smallest absolute Gasteiger partial charge is 0.322 e. The van der Waals surface area contributed by atoms with Gasteiger partial charge in [0, 0.05) is 5.75 Å². The summed E-state index contributed by atoms with van der Waals surface area (Å²) in [5.74, 6) is 1.57.